The number of hydrogen-bond acceptors (Lipinski definition) is 3. The number of anilines is 6. The molecular formula is C41H34N4. The van der Waals surface area contributed by atoms with Crippen LogP contribution in [0.3, 0.4) is 0 Å². The molecule has 218 valence electrons. The molecule has 0 spiro atoms. The fraction of sp³-hybridized carbons (Fsp3) is 0.0488. The Balaban J connectivity index is 1.51. The van der Waals surface area contributed by atoms with Gasteiger partial charge >= 0.3 is 0 Å². The number of nitrogens with zero attached hydrogens (tertiary/aromatic N) is 4. The van der Waals surface area contributed by atoms with Crippen LogP contribution in [0.25, 0.3) is 16.8 Å². The summed E-state index contributed by atoms with van der Waals surface area (Å²) in [4.78, 5) is 4.65. The van der Waals surface area contributed by atoms with E-state index in [4.69, 9.17) is 5.10 Å². The van der Waals surface area contributed by atoms with E-state index in [0.29, 0.717) is 0 Å². The van der Waals surface area contributed by atoms with Gasteiger partial charge in [-0.2, -0.15) is 5.10 Å². The predicted octanol–water partition coefficient (Wildman–Crippen LogP) is 11.1. The van der Waals surface area contributed by atoms with Crippen LogP contribution in [0.1, 0.15) is 11.4 Å². The van der Waals surface area contributed by atoms with Gasteiger partial charge in [-0.1, -0.05) is 91.0 Å². The van der Waals surface area contributed by atoms with E-state index in [-0.39, 0.29) is 0 Å². The summed E-state index contributed by atoms with van der Waals surface area (Å²) in [6.45, 7) is 4.26. The Labute approximate surface area is 265 Å². The standard InChI is InChI=1S/C41H34N4/c1-31-41(32(2)45(42-31)38-26-16-7-17-27-38)33-28-39(43(34-18-8-3-9-19-34)35-20-10-4-11-21-35)30-40(29-33)44(36-22-12-5-13-23-36)37-24-14-6-15-25-37/h3-30H,1-2H3. The van der Waals surface area contributed by atoms with Crippen LogP contribution in [0.15, 0.2) is 170 Å². The lowest BCUT2D eigenvalue weighted by Crippen LogP contribution is -2.13. The monoisotopic (exact) mass is 582 g/mol. The average molecular weight is 583 g/mol. The van der Waals surface area contributed by atoms with Gasteiger partial charge in [-0.25, -0.2) is 4.68 Å². The normalized spacial score (nSPS) is 10.9. The molecule has 0 unspecified atom stereocenters. The fourth-order valence-electron chi connectivity index (χ4n) is 6.08. The maximum Gasteiger partial charge on any atom is 0.0679 e. The van der Waals surface area contributed by atoms with Crippen molar-refractivity contribution in [2.45, 2.75) is 13.8 Å². The largest absolute Gasteiger partial charge is 0.310 e. The third-order valence-corrected chi connectivity index (χ3v) is 8.06. The van der Waals surface area contributed by atoms with Crippen molar-refractivity contribution in [3.63, 3.8) is 0 Å². The number of para-hydroxylation sites is 5. The Morgan fingerprint density at radius 2 is 0.778 bits per heavy atom. The SMILES string of the molecule is Cc1nn(-c2ccccc2)c(C)c1-c1cc(N(c2ccccc2)c2ccccc2)cc(N(c2ccccc2)c2ccccc2)c1. The maximum atomic E-state index is 5.03. The summed E-state index contributed by atoms with van der Waals surface area (Å²) in [6.07, 6.45) is 0. The molecular weight excluding hydrogens is 548 g/mol. The maximum absolute atomic E-state index is 5.03. The van der Waals surface area contributed by atoms with Crippen molar-refractivity contribution in [1.82, 2.24) is 9.78 Å². The van der Waals surface area contributed by atoms with Gasteiger partial charge in [0.15, 0.2) is 0 Å². The molecule has 1 heterocycles. The number of rotatable bonds is 8. The van der Waals surface area contributed by atoms with Gasteiger partial charge in [0.25, 0.3) is 0 Å². The van der Waals surface area contributed by atoms with Crippen LogP contribution in [0.2, 0.25) is 0 Å². The van der Waals surface area contributed by atoms with Crippen LogP contribution >= 0.6 is 0 Å². The third-order valence-electron chi connectivity index (χ3n) is 8.06. The molecule has 7 aromatic rings. The van der Waals surface area contributed by atoms with Gasteiger partial charge < -0.3 is 9.80 Å². The second-order valence-electron chi connectivity index (χ2n) is 11.0. The zero-order valence-electron chi connectivity index (χ0n) is 25.5. The van der Waals surface area contributed by atoms with Crippen LogP contribution in [0, 0.1) is 13.8 Å². The van der Waals surface area contributed by atoms with Crippen molar-refractivity contribution in [3.05, 3.63) is 181 Å². The van der Waals surface area contributed by atoms with Crippen molar-refractivity contribution in [2.75, 3.05) is 9.80 Å². The van der Waals surface area contributed by atoms with Crippen LogP contribution in [0.5, 0.6) is 0 Å². The minimum Gasteiger partial charge on any atom is -0.310 e. The molecule has 0 radical (unpaired) electrons. The lowest BCUT2D eigenvalue weighted by atomic mass is 10.00. The first-order chi connectivity index (χ1) is 22.2. The molecule has 0 atom stereocenters. The molecule has 0 aliphatic heterocycles. The van der Waals surface area contributed by atoms with Crippen molar-refractivity contribution in [2.24, 2.45) is 0 Å². The Bertz CT molecular complexity index is 1820. The molecule has 0 saturated heterocycles. The summed E-state index contributed by atoms with van der Waals surface area (Å²) in [5, 5.41) is 5.03. The molecule has 4 nitrogen and oxygen atoms in total. The second-order valence-corrected chi connectivity index (χ2v) is 11.0. The van der Waals surface area contributed by atoms with Gasteiger partial charge in [-0.05, 0) is 98.3 Å². The smallest absolute Gasteiger partial charge is 0.0679 e. The van der Waals surface area contributed by atoms with E-state index in [0.717, 1.165) is 62.3 Å². The fourth-order valence-corrected chi connectivity index (χ4v) is 6.08. The zero-order chi connectivity index (χ0) is 30.6. The minimum atomic E-state index is 0.983. The van der Waals surface area contributed by atoms with Crippen molar-refractivity contribution < 1.29 is 0 Å². The highest BCUT2D eigenvalue weighted by Gasteiger charge is 2.22. The van der Waals surface area contributed by atoms with E-state index in [9.17, 15) is 0 Å². The molecule has 1 aromatic heterocycles. The van der Waals surface area contributed by atoms with Crippen molar-refractivity contribution in [3.8, 4) is 16.8 Å². The van der Waals surface area contributed by atoms with Gasteiger partial charge in [-0.15, -0.1) is 0 Å². The van der Waals surface area contributed by atoms with E-state index < -0.39 is 0 Å². The molecule has 6 aromatic carbocycles. The second kappa shape index (κ2) is 12.4. The van der Waals surface area contributed by atoms with Crippen LogP contribution in [0.4, 0.5) is 34.1 Å². The first kappa shape index (κ1) is 27.9. The van der Waals surface area contributed by atoms with Gasteiger partial charge in [0.1, 0.15) is 0 Å². The van der Waals surface area contributed by atoms with Crippen LogP contribution < -0.4 is 9.80 Å². The molecule has 0 N–H and O–H groups in total. The van der Waals surface area contributed by atoms with Gasteiger partial charge in [0.05, 0.1) is 11.4 Å². The van der Waals surface area contributed by atoms with Crippen molar-refractivity contribution in [1.29, 1.82) is 0 Å². The molecule has 7 rings (SSSR count). The quantitative estimate of drug-likeness (QED) is 0.178. The molecule has 0 saturated carbocycles. The summed E-state index contributed by atoms with van der Waals surface area (Å²) >= 11 is 0. The van der Waals surface area contributed by atoms with Crippen molar-refractivity contribution >= 4 is 34.1 Å². The first-order valence-corrected chi connectivity index (χ1v) is 15.2. The number of hydrogen-bond donors (Lipinski definition) is 0. The Morgan fingerprint density at radius 1 is 0.422 bits per heavy atom. The lowest BCUT2D eigenvalue weighted by Gasteiger charge is -2.30. The molecule has 4 heteroatoms. The highest BCUT2D eigenvalue weighted by molar-refractivity contribution is 5.88. The van der Waals surface area contributed by atoms with E-state index in [1.165, 1.54) is 0 Å². The highest BCUT2D eigenvalue weighted by atomic mass is 15.3. The number of aryl methyl sites for hydroxylation is 1. The number of benzene rings is 6. The van der Waals surface area contributed by atoms with Crippen LogP contribution in [-0.2, 0) is 0 Å². The highest BCUT2D eigenvalue weighted by Crippen LogP contribution is 2.44. The van der Waals surface area contributed by atoms with E-state index >= 15 is 0 Å². The first-order valence-electron chi connectivity index (χ1n) is 15.2. The van der Waals surface area contributed by atoms with E-state index in [1.54, 1.807) is 0 Å². The average Bonchev–Trinajstić information content (AvgIpc) is 3.40. The molecule has 0 aliphatic rings. The molecule has 0 fully saturated rings. The van der Waals surface area contributed by atoms with Gasteiger partial charge in [-0.3, -0.25) is 0 Å². The molecule has 0 aliphatic carbocycles. The summed E-state index contributed by atoms with van der Waals surface area (Å²) < 4.78 is 2.05. The van der Waals surface area contributed by atoms with E-state index in [1.807, 2.05) is 6.07 Å². The summed E-state index contributed by atoms with van der Waals surface area (Å²) in [5.41, 5.74) is 11.8. The lowest BCUT2D eigenvalue weighted by molar-refractivity contribution is 0.834. The van der Waals surface area contributed by atoms with E-state index in [2.05, 4.69) is 192 Å². The minimum absolute atomic E-state index is 0.983. The molecule has 0 bridgehead atoms. The third kappa shape index (κ3) is 5.62. The summed E-state index contributed by atoms with van der Waals surface area (Å²) in [5.74, 6) is 0. The summed E-state index contributed by atoms with van der Waals surface area (Å²) in [7, 11) is 0. The molecule has 0 amide bonds. The van der Waals surface area contributed by atoms with Gasteiger partial charge in [0, 0.05) is 45.4 Å². The van der Waals surface area contributed by atoms with Gasteiger partial charge in [0.2, 0.25) is 0 Å². The topological polar surface area (TPSA) is 24.3 Å². The Kier molecular flexibility index (Phi) is 7.69. The molecule has 45 heavy (non-hydrogen) atoms. The summed E-state index contributed by atoms with van der Waals surface area (Å²) in [6, 6.07) is 59.5. The zero-order valence-corrected chi connectivity index (χ0v) is 25.5. The predicted molar refractivity (Wildman–Crippen MR) is 188 cm³/mol. The number of aromatic nitrogens is 2. The Hall–Kier alpha value is -5.87. The van der Waals surface area contributed by atoms with Crippen LogP contribution in [-0.4, -0.2) is 9.78 Å². The Morgan fingerprint density at radius 3 is 1.16 bits per heavy atom.